The van der Waals surface area contributed by atoms with Crippen LogP contribution < -0.4 is 10.6 Å². The largest absolute Gasteiger partial charge is 0.368 e. The molecule has 1 aromatic rings. The van der Waals surface area contributed by atoms with Crippen LogP contribution in [0.15, 0.2) is 6.07 Å². The summed E-state index contributed by atoms with van der Waals surface area (Å²) in [6.45, 7) is 1.96. The number of hydrogen-bond donors (Lipinski definition) is 1. The normalized spacial score (nSPS) is 14.9. The van der Waals surface area contributed by atoms with Crippen LogP contribution in [0.5, 0.6) is 0 Å². The molecule has 98 valence electrons. The molecular weight excluding hydrogens is 254 g/mol. The molecule has 1 amide bonds. The molecule has 1 fully saturated rings. The number of hydrogen-bond acceptors (Lipinski definition) is 5. The summed E-state index contributed by atoms with van der Waals surface area (Å²) in [4.78, 5) is 23.4. The number of rotatable bonds is 3. The molecule has 0 radical (unpaired) electrons. The Morgan fingerprint density at radius 1 is 1.50 bits per heavy atom. The van der Waals surface area contributed by atoms with Crippen molar-refractivity contribution in [2.75, 3.05) is 37.3 Å². The van der Waals surface area contributed by atoms with Crippen molar-refractivity contribution in [3.8, 4) is 0 Å². The standard InChI is InChI=1S/C11H16ClN5O/c1-16(7-10(18)17-4-2-3-5-17)9-6-8(12)14-11(13)15-9/h6H,2-5,7H2,1H3,(H2,13,14,15). The van der Waals surface area contributed by atoms with Gasteiger partial charge in [0.2, 0.25) is 11.9 Å². The Morgan fingerprint density at radius 2 is 2.17 bits per heavy atom. The maximum atomic E-state index is 12.0. The van der Waals surface area contributed by atoms with Gasteiger partial charge in [-0.2, -0.15) is 4.98 Å². The van der Waals surface area contributed by atoms with Crippen molar-refractivity contribution < 1.29 is 4.79 Å². The Balaban J connectivity index is 2.02. The van der Waals surface area contributed by atoms with E-state index in [1.807, 2.05) is 4.90 Å². The van der Waals surface area contributed by atoms with Crippen molar-refractivity contribution in [3.63, 3.8) is 0 Å². The van der Waals surface area contributed by atoms with Crippen LogP contribution in [0.3, 0.4) is 0 Å². The number of aromatic nitrogens is 2. The number of nitrogens with zero attached hydrogens (tertiary/aromatic N) is 4. The molecule has 0 saturated carbocycles. The van der Waals surface area contributed by atoms with Gasteiger partial charge in [-0.15, -0.1) is 0 Å². The maximum absolute atomic E-state index is 12.0. The molecule has 0 unspecified atom stereocenters. The van der Waals surface area contributed by atoms with E-state index in [-0.39, 0.29) is 23.6 Å². The van der Waals surface area contributed by atoms with Crippen molar-refractivity contribution in [2.24, 2.45) is 0 Å². The lowest BCUT2D eigenvalue weighted by Crippen LogP contribution is -2.37. The lowest BCUT2D eigenvalue weighted by molar-refractivity contribution is -0.128. The molecule has 0 aromatic carbocycles. The van der Waals surface area contributed by atoms with Crippen molar-refractivity contribution in [2.45, 2.75) is 12.8 Å². The minimum Gasteiger partial charge on any atom is -0.368 e. The van der Waals surface area contributed by atoms with Crippen LogP contribution in [0.1, 0.15) is 12.8 Å². The highest BCUT2D eigenvalue weighted by molar-refractivity contribution is 6.29. The minimum atomic E-state index is 0.100. The predicted octanol–water partition coefficient (Wildman–Crippen LogP) is 0.771. The molecule has 6 nitrogen and oxygen atoms in total. The lowest BCUT2D eigenvalue weighted by Gasteiger charge is -2.22. The van der Waals surface area contributed by atoms with Gasteiger partial charge in [0.15, 0.2) is 0 Å². The fraction of sp³-hybridized carbons (Fsp3) is 0.545. The third-order valence-electron chi connectivity index (χ3n) is 2.92. The first-order valence-corrected chi connectivity index (χ1v) is 6.23. The summed E-state index contributed by atoms with van der Waals surface area (Å²) in [6, 6.07) is 1.59. The van der Waals surface area contributed by atoms with E-state index >= 15 is 0 Å². The van der Waals surface area contributed by atoms with Crippen LogP contribution in [0.2, 0.25) is 5.15 Å². The molecule has 0 aliphatic carbocycles. The molecule has 0 bridgehead atoms. The van der Waals surface area contributed by atoms with Crippen LogP contribution in [-0.2, 0) is 4.79 Å². The number of anilines is 2. The van der Waals surface area contributed by atoms with Crippen LogP contribution in [0, 0.1) is 0 Å². The van der Waals surface area contributed by atoms with Gasteiger partial charge in [-0.1, -0.05) is 11.6 Å². The van der Waals surface area contributed by atoms with Gasteiger partial charge in [0.05, 0.1) is 6.54 Å². The third-order valence-corrected chi connectivity index (χ3v) is 3.11. The smallest absolute Gasteiger partial charge is 0.242 e. The van der Waals surface area contributed by atoms with Crippen LogP contribution in [0.25, 0.3) is 0 Å². The summed E-state index contributed by atoms with van der Waals surface area (Å²) in [5.41, 5.74) is 5.52. The third kappa shape index (κ3) is 3.01. The molecule has 1 saturated heterocycles. The fourth-order valence-electron chi connectivity index (χ4n) is 1.97. The highest BCUT2D eigenvalue weighted by Gasteiger charge is 2.19. The summed E-state index contributed by atoms with van der Waals surface area (Å²) in [6.07, 6.45) is 2.17. The molecule has 2 rings (SSSR count). The average Bonchev–Trinajstić information content (AvgIpc) is 2.80. The van der Waals surface area contributed by atoms with E-state index in [0.717, 1.165) is 25.9 Å². The number of halogens is 1. The highest BCUT2D eigenvalue weighted by Crippen LogP contribution is 2.16. The summed E-state index contributed by atoms with van der Waals surface area (Å²) < 4.78 is 0. The summed E-state index contributed by atoms with van der Waals surface area (Å²) in [5, 5.41) is 0.276. The summed E-state index contributed by atoms with van der Waals surface area (Å²) in [5.74, 6) is 0.765. The van der Waals surface area contributed by atoms with E-state index in [2.05, 4.69) is 9.97 Å². The first-order valence-electron chi connectivity index (χ1n) is 5.85. The van der Waals surface area contributed by atoms with Gasteiger partial charge in [-0.05, 0) is 12.8 Å². The summed E-state index contributed by atoms with van der Waals surface area (Å²) >= 11 is 5.80. The molecule has 1 aliphatic heterocycles. The maximum Gasteiger partial charge on any atom is 0.242 e. The van der Waals surface area contributed by atoms with Crippen molar-refractivity contribution in [1.82, 2.24) is 14.9 Å². The Bertz CT molecular complexity index is 427. The second-order valence-corrected chi connectivity index (χ2v) is 4.74. The predicted molar refractivity (Wildman–Crippen MR) is 70.5 cm³/mol. The monoisotopic (exact) mass is 269 g/mol. The zero-order valence-corrected chi connectivity index (χ0v) is 11.0. The molecular formula is C11H16ClN5O. The zero-order chi connectivity index (χ0) is 13.1. The topological polar surface area (TPSA) is 75.4 Å². The van der Waals surface area contributed by atoms with Gasteiger partial charge >= 0.3 is 0 Å². The Labute approximate surface area is 111 Å². The number of nitrogens with two attached hydrogens (primary N) is 1. The van der Waals surface area contributed by atoms with Crippen LogP contribution in [0.4, 0.5) is 11.8 Å². The second-order valence-electron chi connectivity index (χ2n) is 4.35. The molecule has 18 heavy (non-hydrogen) atoms. The van der Waals surface area contributed by atoms with Crippen LogP contribution >= 0.6 is 11.6 Å². The first-order chi connectivity index (χ1) is 8.56. The highest BCUT2D eigenvalue weighted by atomic mass is 35.5. The molecule has 2 N–H and O–H groups in total. The van der Waals surface area contributed by atoms with Crippen molar-refractivity contribution in [3.05, 3.63) is 11.2 Å². The number of carbonyl (C=O) groups is 1. The van der Waals surface area contributed by atoms with E-state index < -0.39 is 0 Å². The summed E-state index contributed by atoms with van der Waals surface area (Å²) in [7, 11) is 1.78. The number of amides is 1. The minimum absolute atomic E-state index is 0.100. The molecule has 2 heterocycles. The molecule has 1 aromatic heterocycles. The fourth-order valence-corrected chi connectivity index (χ4v) is 2.15. The Hall–Kier alpha value is -1.56. The van der Waals surface area contributed by atoms with Crippen LogP contribution in [-0.4, -0.2) is 47.5 Å². The van der Waals surface area contributed by atoms with E-state index in [1.54, 1.807) is 18.0 Å². The van der Waals surface area contributed by atoms with Gasteiger partial charge < -0.3 is 15.5 Å². The molecule has 1 aliphatic rings. The quantitative estimate of drug-likeness (QED) is 0.821. The lowest BCUT2D eigenvalue weighted by atomic mass is 10.4. The van der Waals surface area contributed by atoms with E-state index in [4.69, 9.17) is 17.3 Å². The Kier molecular flexibility index (Phi) is 3.86. The van der Waals surface area contributed by atoms with Gasteiger partial charge in [-0.25, -0.2) is 4.98 Å². The molecule has 7 heteroatoms. The molecule has 0 spiro atoms. The number of likely N-dealkylation sites (N-methyl/N-ethyl adjacent to an activating group) is 1. The average molecular weight is 270 g/mol. The van der Waals surface area contributed by atoms with Crippen molar-refractivity contribution in [1.29, 1.82) is 0 Å². The SMILES string of the molecule is CN(CC(=O)N1CCCC1)c1cc(Cl)nc(N)n1. The van der Waals surface area contributed by atoms with E-state index in [0.29, 0.717) is 5.82 Å². The number of likely N-dealkylation sites (tertiary alicyclic amines) is 1. The Morgan fingerprint density at radius 3 is 2.78 bits per heavy atom. The second kappa shape index (κ2) is 5.39. The first kappa shape index (κ1) is 12.9. The van der Waals surface area contributed by atoms with Crippen molar-refractivity contribution >= 4 is 29.3 Å². The van der Waals surface area contributed by atoms with Gasteiger partial charge in [-0.3, -0.25) is 4.79 Å². The van der Waals surface area contributed by atoms with Gasteiger partial charge in [0.1, 0.15) is 11.0 Å². The number of nitrogen functional groups attached to an aromatic ring is 1. The zero-order valence-electron chi connectivity index (χ0n) is 10.3. The van der Waals surface area contributed by atoms with E-state index in [9.17, 15) is 4.79 Å². The van der Waals surface area contributed by atoms with Gasteiger partial charge in [0, 0.05) is 26.2 Å². The van der Waals surface area contributed by atoms with Gasteiger partial charge in [0.25, 0.3) is 0 Å². The molecule has 0 atom stereocenters. The van der Waals surface area contributed by atoms with E-state index in [1.165, 1.54) is 0 Å². The number of carbonyl (C=O) groups excluding carboxylic acids is 1.